The van der Waals surface area contributed by atoms with Gasteiger partial charge in [-0.1, -0.05) is 11.6 Å². The summed E-state index contributed by atoms with van der Waals surface area (Å²) in [5, 5.41) is 14.5. The largest absolute Gasteiger partial charge is 0.381 e. The van der Waals surface area contributed by atoms with Crippen molar-refractivity contribution in [2.75, 3.05) is 11.6 Å². The highest BCUT2D eigenvalue weighted by molar-refractivity contribution is 7.98. The molecule has 0 aromatic heterocycles. The maximum Gasteiger partial charge on any atom is 0.269 e. The molecule has 104 valence electrons. The van der Waals surface area contributed by atoms with Gasteiger partial charge in [-0.15, -0.1) is 11.8 Å². The van der Waals surface area contributed by atoms with Crippen LogP contribution in [-0.4, -0.2) is 11.2 Å². The van der Waals surface area contributed by atoms with E-state index in [-0.39, 0.29) is 5.69 Å². The first-order valence-corrected chi connectivity index (χ1v) is 7.51. The van der Waals surface area contributed by atoms with Crippen molar-refractivity contribution in [2.45, 2.75) is 11.4 Å². The summed E-state index contributed by atoms with van der Waals surface area (Å²) in [5.74, 6) is 0. The number of hydrogen-bond acceptors (Lipinski definition) is 4. The van der Waals surface area contributed by atoms with Gasteiger partial charge in [0.1, 0.15) is 0 Å². The van der Waals surface area contributed by atoms with Gasteiger partial charge in [-0.2, -0.15) is 0 Å². The zero-order chi connectivity index (χ0) is 14.5. The smallest absolute Gasteiger partial charge is 0.269 e. The van der Waals surface area contributed by atoms with Gasteiger partial charge in [-0.3, -0.25) is 10.1 Å². The third-order valence-corrected chi connectivity index (χ3v) is 3.93. The van der Waals surface area contributed by atoms with Crippen molar-refractivity contribution >= 4 is 34.7 Å². The third-order valence-electron chi connectivity index (χ3n) is 2.81. The molecule has 2 aromatic rings. The molecule has 0 aliphatic rings. The lowest BCUT2D eigenvalue weighted by molar-refractivity contribution is -0.384. The summed E-state index contributed by atoms with van der Waals surface area (Å²) in [6.07, 6.45) is 2.02. The minimum atomic E-state index is -0.424. The number of nitro groups is 1. The maximum atomic E-state index is 10.7. The Morgan fingerprint density at radius 3 is 2.55 bits per heavy atom. The second-order valence-electron chi connectivity index (χ2n) is 4.11. The van der Waals surface area contributed by atoms with Crippen molar-refractivity contribution in [1.82, 2.24) is 0 Å². The molecular weight excluding hydrogens is 296 g/mol. The van der Waals surface area contributed by atoms with E-state index in [9.17, 15) is 10.1 Å². The zero-order valence-electron chi connectivity index (χ0n) is 10.8. The van der Waals surface area contributed by atoms with E-state index in [1.165, 1.54) is 17.0 Å². The van der Waals surface area contributed by atoms with Crippen molar-refractivity contribution in [3.05, 3.63) is 63.2 Å². The quantitative estimate of drug-likeness (QED) is 0.499. The van der Waals surface area contributed by atoms with Crippen molar-refractivity contribution < 1.29 is 4.92 Å². The minimum Gasteiger partial charge on any atom is -0.381 e. The monoisotopic (exact) mass is 308 g/mol. The Kier molecular flexibility index (Phi) is 4.87. The van der Waals surface area contributed by atoms with Gasteiger partial charge in [0.25, 0.3) is 5.69 Å². The van der Waals surface area contributed by atoms with E-state index in [4.69, 9.17) is 11.6 Å². The molecule has 0 aliphatic carbocycles. The fourth-order valence-corrected chi connectivity index (χ4v) is 2.31. The van der Waals surface area contributed by atoms with E-state index in [0.29, 0.717) is 17.1 Å². The van der Waals surface area contributed by atoms with Gasteiger partial charge >= 0.3 is 0 Å². The standard InChI is InChI=1S/C14H13ClN2O2S/c1-20-13-5-2-11(3-6-13)16-9-10-8-12(17(18)19)4-7-14(10)15/h2-8,16H,9H2,1H3. The van der Waals surface area contributed by atoms with Gasteiger partial charge < -0.3 is 5.32 Å². The number of nitrogens with zero attached hydrogens (tertiary/aromatic N) is 1. The first-order valence-electron chi connectivity index (χ1n) is 5.91. The number of hydrogen-bond donors (Lipinski definition) is 1. The molecule has 4 nitrogen and oxygen atoms in total. The van der Waals surface area contributed by atoms with Crippen LogP contribution in [0.3, 0.4) is 0 Å². The molecule has 0 heterocycles. The molecule has 0 bridgehead atoms. The number of nitro benzene ring substituents is 1. The van der Waals surface area contributed by atoms with Gasteiger partial charge in [0, 0.05) is 34.3 Å². The lowest BCUT2D eigenvalue weighted by Gasteiger charge is -2.08. The van der Waals surface area contributed by atoms with Crippen LogP contribution in [0, 0.1) is 10.1 Å². The van der Waals surface area contributed by atoms with Crippen LogP contribution in [0.2, 0.25) is 5.02 Å². The first kappa shape index (κ1) is 14.7. The van der Waals surface area contributed by atoms with Crippen molar-refractivity contribution in [1.29, 1.82) is 0 Å². The Hall–Kier alpha value is -1.72. The summed E-state index contributed by atoms with van der Waals surface area (Å²) in [6, 6.07) is 12.4. The lowest BCUT2D eigenvalue weighted by atomic mass is 10.2. The average Bonchev–Trinajstić information content (AvgIpc) is 2.46. The van der Waals surface area contributed by atoms with Gasteiger partial charge in [-0.05, 0) is 42.2 Å². The van der Waals surface area contributed by atoms with Crippen molar-refractivity contribution in [3.8, 4) is 0 Å². The highest BCUT2D eigenvalue weighted by atomic mass is 35.5. The number of thioether (sulfide) groups is 1. The van der Waals surface area contributed by atoms with Crippen LogP contribution in [0.4, 0.5) is 11.4 Å². The summed E-state index contributed by atoms with van der Waals surface area (Å²) in [6.45, 7) is 0.444. The summed E-state index contributed by atoms with van der Waals surface area (Å²) in [4.78, 5) is 11.5. The summed E-state index contributed by atoms with van der Waals surface area (Å²) < 4.78 is 0. The van der Waals surface area contributed by atoms with Gasteiger partial charge in [0.15, 0.2) is 0 Å². The average molecular weight is 309 g/mol. The normalized spacial score (nSPS) is 10.3. The maximum absolute atomic E-state index is 10.7. The number of benzene rings is 2. The zero-order valence-corrected chi connectivity index (χ0v) is 12.4. The van der Waals surface area contributed by atoms with E-state index in [1.54, 1.807) is 17.8 Å². The van der Waals surface area contributed by atoms with E-state index >= 15 is 0 Å². The van der Waals surface area contributed by atoms with Crippen LogP contribution in [0.15, 0.2) is 47.4 Å². The Morgan fingerprint density at radius 2 is 1.95 bits per heavy atom. The molecule has 2 aromatic carbocycles. The Labute approximate surface area is 126 Å². The molecule has 20 heavy (non-hydrogen) atoms. The van der Waals surface area contributed by atoms with Crippen LogP contribution in [0.25, 0.3) is 0 Å². The SMILES string of the molecule is CSc1ccc(NCc2cc([N+](=O)[O-])ccc2Cl)cc1. The summed E-state index contributed by atoms with van der Waals surface area (Å²) in [7, 11) is 0. The number of rotatable bonds is 5. The van der Waals surface area contributed by atoms with E-state index in [0.717, 1.165) is 5.69 Å². The Morgan fingerprint density at radius 1 is 1.25 bits per heavy atom. The third kappa shape index (κ3) is 3.65. The van der Waals surface area contributed by atoms with Crippen LogP contribution in [0.5, 0.6) is 0 Å². The summed E-state index contributed by atoms with van der Waals surface area (Å²) >= 11 is 7.72. The fraction of sp³-hybridized carbons (Fsp3) is 0.143. The van der Waals surface area contributed by atoms with Crippen LogP contribution >= 0.6 is 23.4 Å². The minimum absolute atomic E-state index is 0.0453. The second kappa shape index (κ2) is 6.63. The van der Waals surface area contributed by atoms with Crippen molar-refractivity contribution in [2.24, 2.45) is 0 Å². The van der Waals surface area contributed by atoms with Crippen LogP contribution < -0.4 is 5.32 Å². The summed E-state index contributed by atoms with van der Waals surface area (Å²) in [5.41, 5.74) is 1.70. The molecule has 0 aliphatic heterocycles. The molecule has 0 atom stereocenters. The lowest BCUT2D eigenvalue weighted by Crippen LogP contribution is -2.01. The van der Waals surface area contributed by atoms with Crippen molar-refractivity contribution in [3.63, 3.8) is 0 Å². The molecule has 0 amide bonds. The molecule has 0 saturated carbocycles. The molecule has 1 N–H and O–H groups in total. The molecular formula is C14H13ClN2O2S. The van der Waals surface area contributed by atoms with E-state index < -0.39 is 4.92 Å². The van der Waals surface area contributed by atoms with Crippen LogP contribution in [0.1, 0.15) is 5.56 Å². The number of halogens is 1. The molecule has 0 spiro atoms. The molecule has 2 rings (SSSR count). The first-order chi connectivity index (χ1) is 9.60. The number of anilines is 1. The molecule has 6 heteroatoms. The van der Waals surface area contributed by atoms with E-state index in [2.05, 4.69) is 5.32 Å². The topological polar surface area (TPSA) is 55.2 Å². The highest BCUT2D eigenvalue weighted by Crippen LogP contribution is 2.23. The molecule has 0 fully saturated rings. The molecule has 0 unspecified atom stereocenters. The van der Waals surface area contributed by atoms with Gasteiger partial charge in [0.05, 0.1) is 4.92 Å². The second-order valence-corrected chi connectivity index (χ2v) is 5.40. The molecule has 0 radical (unpaired) electrons. The molecule has 0 saturated heterocycles. The Balaban J connectivity index is 2.09. The van der Waals surface area contributed by atoms with E-state index in [1.807, 2.05) is 30.5 Å². The predicted molar refractivity (Wildman–Crippen MR) is 83.7 cm³/mol. The van der Waals surface area contributed by atoms with Gasteiger partial charge in [-0.25, -0.2) is 0 Å². The highest BCUT2D eigenvalue weighted by Gasteiger charge is 2.09. The predicted octanol–water partition coefficient (Wildman–Crippen LogP) is 4.58. The van der Waals surface area contributed by atoms with Crippen LogP contribution in [-0.2, 0) is 6.54 Å². The fourth-order valence-electron chi connectivity index (χ4n) is 1.72. The number of non-ortho nitro benzene ring substituents is 1. The van der Waals surface area contributed by atoms with Gasteiger partial charge in [0.2, 0.25) is 0 Å². The number of nitrogens with one attached hydrogen (secondary N) is 1. The Bertz CT molecular complexity index is 617.